The van der Waals surface area contributed by atoms with Gasteiger partial charge in [0.25, 0.3) is 0 Å². The molecule has 0 aliphatic carbocycles. The standard InChI is InChI=1S/C20H26N2O4/c1-3-24-12-13-26-18-10-8-16(9-11-18)21-15-20(23)22-17-6-5-7-19(14-17)25-4-2/h5-11,14,21H,3-4,12-13,15H2,1-2H3,(H,22,23). The molecule has 0 bridgehead atoms. The Morgan fingerprint density at radius 3 is 2.42 bits per heavy atom. The van der Waals surface area contributed by atoms with Gasteiger partial charge in [0, 0.05) is 24.0 Å². The van der Waals surface area contributed by atoms with Gasteiger partial charge in [0.1, 0.15) is 18.1 Å². The topological polar surface area (TPSA) is 68.8 Å². The van der Waals surface area contributed by atoms with Gasteiger partial charge in [-0.1, -0.05) is 6.07 Å². The summed E-state index contributed by atoms with van der Waals surface area (Å²) < 4.78 is 16.2. The van der Waals surface area contributed by atoms with E-state index in [2.05, 4.69) is 10.6 Å². The fourth-order valence-electron chi connectivity index (χ4n) is 2.25. The molecule has 2 rings (SSSR count). The summed E-state index contributed by atoms with van der Waals surface area (Å²) in [7, 11) is 0. The van der Waals surface area contributed by atoms with Crippen LogP contribution in [0.4, 0.5) is 11.4 Å². The van der Waals surface area contributed by atoms with Crippen LogP contribution in [0.15, 0.2) is 48.5 Å². The molecule has 0 spiro atoms. The second-order valence-electron chi connectivity index (χ2n) is 5.43. The van der Waals surface area contributed by atoms with Crippen LogP contribution in [0, 0.1) is 0 Å². The minimum Gasteiger partial charge on any atom is -0.494 e. The Morgan fingerprint density at radius 2 is 1.69 bits per heavy atom. The van der Waals surface area contributed by atoms with Crippen molar-refractivity contribution in [3.63, 3.8) is 0 Å². The van der Waals surface area contributed by atoms with E-state index in [0.717, 1.165) is 17.2 Å². The minimum absolute atomic E-state index is 0.129. The average Bonchev–Trinajstić information content (AvgIpc) is 2.65. The Labute approximate surface area is 154 Å². The Bertz CT molecular complexity index is 674. The third-order valence-corrected chi connectivity index (χ3v) is 3.44. The number of hydrogen-bond acceptors (Lipinski definition) is 5. The smallest absolute Gasteiger partial charge is 0.243 e. The fourth-order valence-corrected chi connectivity index (χ4v) is 2.25. The Balaban J connectivity index is 1.75. The summed E-state index contributed by atoms with van der Waals surface area (Å²) in [4.78, 5) is 12.1. The molecule has 0 aliphatic heterocycles. The van der Waals surface area contributed by atoms with E-state index < -0.39 is 0 Å². The lowest BCUT2D eigenvalue weighted by molar-refractivity contribution is -0.114. The van der Waals surface area contributed by atoms with Gasteiger partial charge in [0.15, 0.2) is 0 Å². The molecule has 0 aromatic heterocycles. The van der Waals surface area contributed by atoms with Crippen LogP contribution in [0.2, 0.25) is 0 Å². The maximum atomic E-state index is 12.1. The molecule has 0 saturated carbocycles. The van der Waals surface area contributed by atoms with Crippen LogP contribution in [0.3, 0.4) is 0 Å². The molecule has 0 radical (unpaired) electrons. The summed E-state index contributed by atoms with van der Waals surface area (Å²) in [6.45, 7) is 6.40. The largest absolute Gasteiger partial charge is 0.494 e. The number of benzene rings is 2. The van der Waals surface area contributed by atoms with Gasteiger partial charge in [0.05, 0.1) is 19.8 Å². The highest BCUT2D eigenvalue weighted by Crippen LogP contribution is 2.18. The number of rotatable bonds is 11. The van der Waals surface area contributed by atoms with Crippen LogP contribution in [-0.4, -0.2) is 38.9 Å². The highest BCUT2D eigenvalue weighted by Gasteiger charge is 2.04. The molecule has 2 aromatic carbocycles. The van der Waals surface area contributed by atoms with E-state index in [-0.39, 0.29) is 12.5 Å². The lowest BCUT2D eigenvalue weighted by atomic mass is 10.3. The molecule has 26 heavy (non-hydrogen) atoms. The summed E-state index contributed by atoms with van der Waals surface area (Å²) in [5.41, 5.74) is 1.56. The second-order valence-corrected chi connectivity index (χ2v) is 5.43. The van der Waals surface area contributed by atoms with Gasteiger partial charge < -0.3 is 24.8 Å². The van der Waals surface area contributed by atoms with Crippen LogP contribution in [-0.2, 0) is 9.53 Å². The predicted octanol–water partition coefficient (Wildman–Crippen LogP) is 3.55. The molecule has 0 unspecified atom stereocenters. The van der Waals surface area contributed by atoms with E-state index in [9.17, 15) is 4.79 Å². The summed E-state index contributed by atoms with van der Waals surface area (Å²) in [6, 6.07) is 14.8. The fraction of sp³-hybridized carbons (Fsp3) is 0.350. The van der Waals surface area contributed by atoms with Crippen LogP contribution in [0.25, 0.3) is 0 Å². The van der Waals surface area contributed by atoms with E-state index in [1.54, 1.807) is 6.07 Å². The Hall–Kier alpha value is -2.73. The maximum absolute atomic E-state index is 12.1. The molecule has 0 heterocycles. The first kappa shape index (κ1) is 19.6. The molecule has 6 heteroatoms. The molecule has 0 saturated heterocycles. The van der Waals surface area contributed by atoms with Gasteiger partial charge in [-0.25, -0.2) is 0 Å². The highest BCUT2D eigenvalue weighted by molar-refractivity contribution is 5.93. The van der Waals surface area contributed by atoms with Gasteiger partial charge in [-0.15, -0.1) is 0 Å². The van der Waals surface area contributed by atoms with Crippen molar-refractivity contribution in [3.8, 4) is 11.5 Å². The highest BCUT2D eigenvalue weighted by atomic mass is 16.5. The maximum Gasteiger partial charge on any atom is 0.243 e. The van der Waals surface area contributed by atoms with Crippen molar-refractivity contribution in [2.45, 2.75) is 13.8 Å². The first-order valence-corrected chi connectivity index (χ1v) is 8.78. The molecule has 2 N–H and O–H groups in total. The molecular weight excluding hydrogens is 332 g/mol. The van der Waals surface area contributed by atoms with Crippen molar-refractivity contribution in [3.05, 3.63) is 48.5 Å². The zero-order valence-corrected chi connectivity index (χ0v) is 15.3. The first-order valence-electron chi connectivity index (χ1n) is 8.78. The molecule has 0 atom stereocenters. The summed E-state index contributed by atoms with van der Waals surface area (Å²) in [5, 5.41) is 5.93. The summed E-state index contributed by atoms with van der Waals surface area (Å²) in [6.07, 6.45) is 0. The zero-order valence-electron chi connectivity index (χ0n) is 15.3. The van der Waals surface area contributed by atoms with Gasteiger partial charge in [-0.05, 0) is 50.2 Å². The number of ether oxygens (including phenoxy) is 3. The Morgan fingerprint density at radius 1 is 0.885 bits per heavy atom. The lowest BCUT2D eigenvalue weighted by Gasteiger charge is -2.10. The second kappa shape index (κ2) is 11.0. The van der Waals surface area contributed by atoms with Crippen molar-refractivity contribution in [2.24, 2.45) is 0 Å². The molecule has 0 aliphatic rings. The van der Waals surface area contributed by atoms with Gasteiger partial charge in [-0.2, -0.15) is 0 Å². The van der Waals surface area contributed by atoms with E-state index in [4.69, 9.17) is 14.2 Å². The van der Waals surface area contributed by atoms with Crippen LogP contribution >= 0.6 is 0 Å². The third-order valence-electron chi connectivity index (χ3n) is 3.44. The van der Waals surface area contributed by atoms with Crippen molar-refractivity contribution in [1.29, 1.82) is 0 Å². The lowest BCUT2D eigenvalue weighted by Crippen LogP contribution is -2.21. The van der Waals surface area contributed by atoms with E-state index in [1.807, 2.05) is 56.3 Å². The molecule has 140 valence electrons. The monoisotopic (exact) mass is 358 g/mol. The number of nitrogens with one attached hydrogen (secondary N) is 2. The number of carbonyl (C=O) groups is 1. The molecular formula is C20H26N2O4. The first-order chi connectivity index (χ1) is 12.7. The van der Waals surface area contributed by atoms with E-state index in [1.165, 1.54) is 0 Å². The summed E-state index contributed by atoms with van der Waals surface area (Å²) in [5.74, 6) is 1.38. The molecule has 0 fully saturated rings. The minimum atomic E-state index is -0.129. The SMILES string of the molecule is CCOCCOc1ccc(NCC(=O)Nc2cccc(OCC)c2)cc1. The van der Waals surface area contributed by atoms with E-state index >= 15 is 0 Å². The van der Waals surface area contributed by atoms with Gasteiger partial charge >= 0.3 is 0 Å². The summed E-state index contributed by atoms with van der Waals surface area (Å²) >= 11 is 0. The molecule has 6 nitrogen and oxygen atoms in total. The third kappa shape index (κ3) is 7.03. The van der Waals surface area contributed by atoms with Crippen molar-refractivity contribution < 1.29 is 19.0 Å². The number of amides is 1. The van der Waals surface area contributed by atoms with Crippen LogP contribution in [0.1, 0.15) is 13.8 Å². The quantitative estimate of drug-likeness (QED) is 0.601. The molecule has 1 amide bonds. The average molecular weight is 358 g/mol. The van der Waals surface area contributed by atoms with Gasteiger partial charge in [-0.3, -0.25) is 4.79 Å². The normalized spacial score (nSPS) is 10.2. The van der Waals surface area contributed by atoms with Crippen LogP contribution in [0.5, 0.6) is 11.5 Å². The Kier molecular flexibility index (Phi) is 8.29. The van der Waals surface area contributed by atoms with Crippen molar-refractivity contribution >= 4 is 17.3 Å². The zero-order chi connectivity index (χ0) is 18.6. The van der Waals surface area contributed by atoms with Crippen molar-refractivity contribution in [1.82, 2.24) is 0 Å². The van der Waals surface area contributed by atoms with Crippen molar-refractivity contribution in [2.75, 3.05) is 43.6 Å². The van der Waals surface area contributed by atoms with E-state index in [0.29, 0.717) is 32.1 Å². The van der Waals surface area contributed by atoms with Crippen LogP contribution < -0.4 is 20.1 Å². The number of carbonyl (C=O) groups excluding carboxylic acids is 1. The number of hydrogen-bond donors (Lipinski definition) is 2. The molecule has 2 aromatic rings. The number of anilines is 2. The van der Waals surface area contributed by atoms with Gasteiger partial charge in [0.2, 0.25) is 5.91 Å². The predicted molar refractivity (Wildman–Crippen MR) is 103 cm³/mol.